The zero-order chi connectivity index (χ0) is 27.8. The van der Waals surface area contributed by atoms with Gasteiger partial charge in [0.15, 0.2) is 0 Å². The van der Waals surface area contributed by atoms with Gasteiger partial charge in [0.1, 0.15) is 18.1 Å². The van der Waals surface area contributed by atoms with Crippen molar-refractivity contribution in [2.75, 3.05) is 24.0 Å². The van der Waals surface area contributed by atoms with Gasteiger partial charge in [-0.15, -0.1) is 0 Å². The fraction of sp³-hybridized carbons (Fsp3) is 0.542. The zero-order valence-corrected chi connectivity index (χ0v) is 22.7. The van der Waals surface area contributed by atoms with Crippen molar-refractivity contribution in [3.05, 3.63) is 35.9 Å². The smallest absolute Gasteiger partial charge is 0.326 e. The monoisotopic (exact) mass is 555 g/mol. The van der Waals surface area contributed by atoms with Crippen LogP contribution in [0.5, 0.6) is 0 Å². The highest BCUT2D eigenvalue weighted by Gasteiger charge is 2.30. The summed E-state index contributed by atoms with van der Waals surface area (Å²) in [6.45, 7) is 0. The molecular formula is C24H37N5O6S2. The first-order valence-corrected chi connectivity index (χ1v) is 14.6. The second-order valence-corrected chi connectivity index (χ2v) is 10.4. The molecule has 4 atom stereocenters. The number of primary amides is 1. The minimum Gasteiger partial charge on any atom is -0.480 e. The minimum atomic E-state index is -1.19. The number of hydrogen-bond donors (Lipinski definition) is 6. The number of benzene rings is 1. The van der Waals surface area contributed by atoms with E-state index < -0.39 is 53.8 Å². The Morgan fingerprint density at radius 3 is 1.76 bits per heavy atom. The molecule has 0 radical (unpaired) electrons. The van der Waals surface area contributed by atoms with Crippen LogP contribution in [-0.4, -0.2) is 82.9 Å². The van der Waals surface area contributed by atoms with Gasteiger partial charge in [0.25, 0.3) is 0 Å². The van der Waals surface area contributed by atoms with Crippen LogP contribution in [0.1, 0.15) is 31.2 Å². The molecule has 4 unspecified atom stereocenters. The molecule has 0 aliphatic carbocycles. The van der Waals surface area contributed by atoms with Crippen LogP contribution in [0.15, 0.2) is 30.3 Å². The van der Waals surface area contributed by atoms with E-state index in [0.29, 0.717) is 11.5 Å². The highest BCUT2D eigenvalue weighted by atomic mass is 32.2. The summed E-state index contributed by atoms with van der Waals surface area (Å²) >= 11 is 2.95. The molecule has 0 fully saturated rings. The van der Waals surface area contributed by atoms with Gasteiger partial charge >= 0.3 is 5.97 Å². The summed E-state index contributed by atoms with van der Waals surface area (Å²) in [7, 11) is 0. The van der Waals surface area contributed by atoms with Crippen molar-refractivity contribution in [3.63, 3.8) is 0 Å². The number of amides is 4. The van der Waals surface area contributed by atoms with Crippen molar-refractivity contribution in [2.45, 2.75) is 56.3 Å². The van der Waals surface area contributed by atoms with Crippen molar-refractivity contribution in [1.29, 1.82) is 0 Å². The van der Waals surface area contributed by atoms with Crippen molar-refractivity contribution in [2.24, 2.45) is 11.5 Å². The predicted molar refractivity (Wildman–Crippen MR) is 146 cm³/mol. The highest BCUT2D eigenvalue weighted by Crippen LogP contribution is 2.08. The molecule has 1 aromatic rings. The Morgan fingerprint density at radius 2 is 1.30 bits per heavy atom. The molecule has 206 valence electrons. The molecule has 1 rings (SSSR count). The van der Waals surface area contributed by atoms with Crippen molar-refractivity contribution in [3.8, 4) is 0 Å². The molecule has 37 heavy (non-hydrogen) atoms. The van der Waals surface area contributed by atoms with E-state index in [1.165, 1.54) is 23.5 Å². The lowest BCUT2D eigenvalue weighted by molar-refractivity contribution is -0.142. The van der Waals surface area contributed by atoms with Crippen LogP contribution in [0.25, 0.3) is 0 Å². The Bertz CT molecular complexity index is 905. The minimum absolute atomic E-state index is 0.0365. The van der Waals surface area contributed by atoms with Crippen molar-refractivity contribution < 1.29 is 29.1 Å². The Labute approximate surface area is 225 Å². The van der Waals surface area contributed by atoms with E-state index in [1.807, 2.05) is 18.6 Å². The van der Waals surface area contributed by atoms with E-state index in [-0.39, 0.29) is 32.1 Å². The molecular weight excluding hydrogens is 518 g/mol. The molecule has 0 saturated heterocycles. The number of aliphatic carboxylic acids is 1. The number of carbonyl (C=O) groups is 5. The largest absolute Gasteiger partial charge is 0.480 e. The molecule has 8 N–H and O–H groups in total. The standard InChI is InChI=1S/C24H37N5O6S2/c1-36-12-10-17(27-21(31)16(25)8-9-20(26)30)22(32)28-18(11-13-37-2)23(33)29-19(24(34)35)14-15-6-4-3-5-7-15/h3-7,16-19H,8-14,25H2,1-2H3,(H2,26,30)(H,27,31)(H,28,32)(H,29,33)(H,34,35). The maximum atomic E-state index is 13.1. The van der Waals surface area contributed by atoms with Gasteiger partial charge in [-0.25, -0.2) is 4.79 Å². The maximum absolute atomic E-state index is 13.1. The number of carboxylic acid groups (broad SMARTS) is 1. The van der Waals surface area contributed by atoms with E-state index in [2.05, 4.69) is 16.0 Å². The molecule has 13 heteroatoms. The Morgan fingerprint density at radius 1 is 0.811 bits per heavy atom. The fourth-order valence-electron chi connectivity index (χ4n) is 3.31. The lowest BCUT2D eigenvalue weighted by atomic mass is 10.0. The molecule has 4 amide bonds. The average Bonchev–Trinajstić information content (AvgIpc) is 2.87. The Hall–Kier alpha value is -2.77. The van der Waals surface area contributed by atoms with Crippen LogP contribution >= 0.6 is 23.5 Å². The Balaban J connectivity index is 2.94. The van der Waals surface area contributed by atoms with Gasteiger partial charge in [-0.3, -0.25) is 19.2 Å². The summed E-state index contributed by atoms with van der Waals surface area (Å²) in [4.78, 5) is 61.4. The third-order valence-corrected chi connectivity index (χ3v) is 6.71. The molecule has 0 saturated carbocycles. The first-order chi connectivity index (χ1) is 17.6. The maximum Gasteiger partial charge on any atom is 0.326 e. The Kier molecular flexibility index (Phi) is 15.4. The van der Waals surface area contributed by atoms with Gasteiger partial charge in [0.2, 0.25) is 23.6 Å². The van der Waals surface area contributed by atoms with E-state index in [1.54, 1.807) is 24.3 Å². The molecule has 11 nitrogen and oxygen atoms in total. The normalized spacial score (nSPS) is 14.0. The second kappa shape index (κ2) is 17.6. The van der Waals surface area contributed by atoms with E-state index in [0.717, 1.165) is 5.56 Å². The molecule has 0 aliphatic rings. The van der Waals surface area contributed by atoms with Gasteiger partial charge in [-0.05, 0) is 48.8 Å². The second-order valence-electron chi connectivity index (χ2n) is 8.39. The van der Waals surface area contributed by atoms with Crippen LogP contribution in [0.3, 0.4) is 0 Å². The average molecular weight is 556 g/mol. The van der Waals surface area contributed by atoms with Crippen molar-refractivity contribution >= 4 is 53.1 Å². The summed E-state index contributed by atoms with van der Waals surface area (Å²) in [6, 6.07) is 4.72. The number of rotatable bonds is 18. The van der Waals surface area contributed by atoms with Gasteiger partial charge in [0, 0.05) is 12.8 Å². The summed E-state index contributed by atoms with van der Waals surface area (Å²) in [5, 5.41) is 17.4. The number of hydrogen-bond acceptors (Lipinski definition) is 8. The van der Waals surface area contributed by atoms with Crippen LogP contribution < -0.4 is 27.4 Å². The van der Waals surface area contributed by atoms with Crippen molar-refractivity contribution in [1.82, 2.24) is 16.0 Å². The lowest BCUT2D eigenvalue weighted by Crippen LogP contribution is -2.57. The molecule has 0 heterocycles. The number of carboxylic acids is 1. The third kappa shape index (κ3) is 12.8. The predicted octanol–water partition coefficient (Wildman–Crippen LogP) is -0.133. The van der Waals surface area contributed by atoms with Crippen LogP contribution in [0.4, 0.5) is 0 Å². The highest BCUT2D eigenvalue weighted by molar-refractivity contribution is 7.98. The molecule has 0 aliphatic heterocycles. The van der Waals surface area contributed by atoms with Crippen LogP contribution in [0.2, 0.25) is 0 Å². The van der Waals surface area contributed by atoms with Crippen LogP contribution in [0, 0.1) is 0 Å². The number of nitrogens with one attached hydrogen (secondary N) is 3. The first-order valence-electron chi connectivity index (χ1n) is 11.8. The summed E-state index contributed by atoms with van der Waals surface area (Å²) < 4.78 is 0. The molecule has 0 aromatic heterocycles. The molecule has 1 aromatic carbocycles. The zero-order valence-electron chi connectivity index (χ0n) is 21.1. The SMILES string of the molecule is CSCCC(NC(=O)C(N)CCC(N)=O)C(=O)NC(CCSC)C(=O)NC(Cc1ccccc1)C(=O)O. The molecule has 0 bridgehead atoms. The summed E-state index contributed by atoms with van der Waals surface area (Å²) in [5.41, 5.74) is 11.7. The van der Waals surface area contributed by atoms with E-state index >= 15 is 0 Å². The topological polar surface area (TPSA) is 194 Å². The summed E-state index contributed by atoms with van der Waals surface area (Å²) in [6.07, 6.45) is 4.29. The van der Waals surface area contributed by atoms with E-state index in [4.69, 9.17) is 11.5 Å². The van der Waals surface area contributed by atoms with Gasteiger partial charge < -0.3 is 32.5 Å². The number of nitrogens with two attached hydrogens (primary N) is 2. The van der Waals surface area contributed by atoms with Gasteiger partial charge in [-0.2, -0.15) is 23.5 Å². The fourth-order valence-corrected chi connectivity index (χ4v) is 4.25. The van der Waals surface area contributed by atoms with Gasteiger partial charge in [-0.1, -0.05) is 30.3 Å². The number of carbonyl (C=O) groups excluding carboxylic acids is 4. The van der Waals surface area contributed by atoms with Gasteiger partial charge in [0.05, 0.1) is 6.04 Å². The summed E-state index contributed by atoms with van der Waals surface area (Å²) in [5.74, 6) is -2.51. The van der Waals surface area contributed by atoms with Crippen LogP contribution in [-0.2, 0) is 30.4 Å². The molecule has 0 spiro atoms. The third-order valence-electron chi connectivity index (χ3n) is 5.42. The lowest BCUT2D eigenvalue weighted by Gasteiger charge is -2.25. The quantitative estimate of drug-likeness (QED) is 0.143. The first kappa shape index (κ1) is 32.3. The number of thioether (sulfide) groups is 2. The van der Waals surface area contributed by atoms with E-state index in [9.17, 15) is 29.1 Å².